The molecule has 0 spiro atoms. The maximum absolute atomic E-state index is 5.47. The van der Waals surface area contributed by atoms with E-state index in [1.165, 1.54) is 27.8 Å². The SMILES string of the molecule is Cc1ccc2c(c1)C[n+]1ccc3occc3c1-2. The second kappa shape index (κ2) is 2.98. The van der Waals surface area contributed by atoms with Crippen molar-refractivity contribution in [2.45, 2.75) is 13.5 Å². The highest BCUT2D eigenvalue weighted by Crippen LogP contribution is 2.33. The van der Waals surface area contributed by atoms with Crippen LogP contribution in [-0.4, -0.2) is 0 Å². The van der Waals surface area contributed by atoms with E-state index in [2.05, 4.69) is 42.0 Å². The molecule has 4 rings (SSSR count). The Bertz CT molecular complexity index is 740. The van der Waals surface area contributed by atoms with Crippen LogP contribution in [-0.2, 0) is 6.54 Å². The molecule has 0 saturated heterocycles. The molecule has 0 unspecified atom stereocenters. The van der Waals surface area contributed by atoms with Gasteiger partial charge in [-0.3, -0.25) is 0 Å². The largest absolute Gasteiger partial charge is 0.464 e. The van der Waals surface area contributed by atoms with E-state index in [4.69, 9.17) is 4.42 Å². The molecule has 0 N–H and O–H groups in total. The van der Waals surface area contributed by atoms with E-state index in [9.17, 15) is 0 Å². The first-order valence-electron chi connectivity index (χ1n) is 5.82. The predicted octanol–water partition coefficient (Wildman–Crippen LogP) is 3.06. The summed E-state index contributed by atoms with van der Waals surface area (Å²) in [6.45, 7) is 3.11. The predicted molar refractivity (Wildman–Crippen MR) is 65.7 cm³/mol. The van der Waals surface area contributed by atoms with E-state index < -0.39 is 0 Å². The first kappa shape index (κ1) is 8.99. The van der Waals surface area contributed by atoms with Crippen molar-refractivity contribution in [2.75, 3.05) is 0 Å². The third kappa shape index (κ3) is 1.12. The van der Waals surface area contributed by atoms with Gasteiger partial charge in [-0.1, -0.05) is 11.6 Å². The van der Waals surface area contributed by atoms with Crippen LogP contribution in [0.25, 0.3) is 22.2 Å². The Morgan fingerprint density at radius 2 is 2.12 bits per heavy atom. The lowest BCUT2D eigenvalue weighted by molar-refractivity contribution is -0.671. The second-order valence-electron chi connectivity index (χ2n) is 4.65. The Morgan fingerprint density at radius 3 is 3.06 bits per heavy atom. The molecule has 17 heavy (non-hydrogen) atoms. The van der Waals surface area contributed by atoms with E-state index in [1.54, 1.807) is 6.26 Å². The van der Waals surface area contributed by atoms with Gasteiger partial charge in [0.2, 0.25) is 5.69 Å². The first-order chi connectivity index (χ1) is 8.33. The summed E-state index contributed by atoms with van der Waals surface area (Å²) in [7, 11) is 0. The summed E-state index contributed by atoms with van der Waals surface area (Å²) >= 11 is 0. The van der Waals surface area contributed by atoms with Crippen LogP contribution in [0.4, 0.5) is 0 Å². The fourth-order valence-electron chi connectivity index (χ4n) is 2.73. The van der Waals surface area contributed by atoms with Gasteiger partial charge in [-0.05, 0) is 25.1 Å². The highest BCUT2D eigenvalue weighted by Gasteiger charge is 2.28. The van der Waals surface area contributed by atoms with Gasteiger partial charge in [0.05, 0.1) is 17.2 Å². The van der Waals surface area contributed by atoms with Crippen LogP contribution in [0.2, 0.25) is 0 Å². The topological polar surface area (TPSA) is 17.0 Å². The Labute approximate surface area is 99.1 Å². The molecule has 0 atom stereocenters. The average molecular weight is 222 g/mol. The molecule has 2 nitrogen and oxygen atoms in total. The summed E-state index contributed by atoms with van der Waals surface area (Å²) in [5.74, 6) is 0. The lowest BCUT2D eigenvalue weighted by atomic mass is 10.0. The third-order valence-electron chi connectivity index (χ3n) is 3.50. The molecule has 2 heteroatoms. The molecule has 1 aliphatic heterocycles. The van der Waals surface area contributed by atoms with Gasteiger partial charge in [0.15, 0.2) is 12.7 Å². The number of benzene rings is 1. The molecule has 3 aromatic rings. The summed E-state index contributed by atoms with van der Waals surface area (Å²) in [6, 6.07) is 10.8. The monoisotopic (exact) mass is 222 g/mol. The minimum atomic E-state index is 0.963. The molecule has 0 saturated carbocycles. The van der Waals surface area contributed by atoms with Crippen molar-refractivity contribution in [3.8, 4) is 11.3 Å². The molecule has 0 aliphatic carbocycles. The van der Waals surface area contributed by atoms with Crippen LogP contribution in [0.3, 0.4) is 0 Å². The second-order valence-corrected chi connectivity index (χ2v) is 4.65. The summed E-state index contributed by atoms with van der Waals surface area (Å²) in [6.07, 6.45) is 3.87. The van der Waals surface area contributed by atoms with Crippen molar-refractivity contribution in [3.05, 3.63) is 53.9 Å². The van der Waals surface area contributed by atoms with Crippen LogP contribution >= 0.6 is 0 Å². The number of hydrogen-bond donors (Lipinski definition) is 0. The van der Waals surface area contributed by atoms with Crippen LogP contribution in [0.1, 0.15) is 11.1 Å². The minimum absolute atomic E-state index is 0.963. The Morgan fingerprint density at radius 1 is 1.18 bits per heavy atom. The zero-order valence-electron chi connectivity index (χ0n) is 9.60. The number of hydrogen-bond acceptors (Lipinski definition) is 1. The maximum Gasteiger partial charge on any atom is 0.224 e. The van der Waals surface area contributed by atoms with Crippen molar-refractivity contribution >= 4 is 11.0 Å². The van der Waals surface area contributed by atoms with Crippen LogP contribution in [0.5, 0.6) is 0 Å². The summed E-state index contributed by atoms with van der Waals surface area (Å²) in [4.78, 5) is 0. The molecule has 0 amide bonds. The number of furan rings is 1. The number of pyridine rings is 1. The quantitative estimate of drug-likeness (QED) is 0.418. The van der Waals surface area contributed by atoms with E-state index in [0.717, 1.165) is 12.1 Å². The highest BCUT2D eigenvalue weighted by molar-refractivity contribution is 5.91. The summed E-state index contributed by atoms with van der Waals surface area (Å²) in [5, 5.41) is 1.20. The van der Waals surface area contributed by atoms with Gasteiger partial charge < -0.3 is 4.42 Å². The van der Waals surface area contributed by atoms with Gasteiger partial charge >= 0.3 is 0 Å². The summed E-state index contributed by atoms with van der Waals surface area (Å²) in [5.41, 5.74) is 6.30. The minimum Gasteiger partial charge on any atom is -0.464 e. The standard InChI is InChI=1S/C15H12NO/c1-10-2-3-12-11(8-10)9-16-6-4-14-13(15(12)16)5-7-17-14/h2-8H,9H2,1H3/q+1. The lowest BCUT2D eigenvalue weighted by Crippen LogP contribution is -2.31. The molecular formula is C15H12NO+. The molecule has 3 heterocycles. The zero-order chi connectivity index (χ0) is 11.4. The van der Waals surface area contributed by atoms with Gasteiger partial charge in [-0.25, -0.2) is 0 Å². The molecular weight excluding hydrogens is 210 g/mol. The van der Waals surface area contributed by atoms with E-state index >= 15 is 0 Å². The average Bonchev–Trinajstić information content (AvgIpc) is 2.89. The van der Waals surface area contributed by atoms with Crippen LogP contribution in [0.15, 0.2) is 47.2 Å². The van der Waals surface area contributed by atoms with Crippen LogP contribution < -0.4 is 4.57 Å². The lowest BCUT2D eigenvalue weighted by Gasteiger charge is -1.96. The van der Waals surface area contributed by atoms with E-state index in [-0.39, 0.29) is 0 Å². The fraction of sp³-hybridized carbons (Fsp3) is 0.133. The van der Waals surface area contributed by atoms with Crippen molar-refractivity contribution in [1.82, 2.24) is 0 Å². The van der Waals surface area contributed by atoms with Crippen LogP contribution in [0, 0.1) is 6.92 Å². The zero-order valence-corrected chi connectivity index (χ0v) is 9.60. The Kier molecular flexibility index (Phi) is 1.57. The molecule has 2 aromatic heterocycles. The number of aromatic nitrogens is 1. The molecule has 1 aliphatic rings. The van der Waals surface area contributed by atoms with Gasteiger partial charge in [0.25, 0.3) is 0 Å². The molecule has 0 radical (unpaired) electrons. The molecule has 82 valence electrons. The number of nitrogens with zero attached hydrogens (tertiary/aromatic N) is 1. The van der Waals surface area contributed by atoms with Crippen molar-refractivity contribution in [3.63, 3.8) is 0 Å². The van der Waals surface area contributed by atoms with Gasteiger partial charge in [0.1, 0.15) is 5.58 Å². The number of rotatable bonds is 0. The molecule has 0 fully saturated rings. The molecule has 0 bridgehead atoms. The van der Waals surface area contributed by atoms with Crippen molar-refractivity contribution < 1.29 is 8.98 Å². The smallest absolute Gasteiger partial charge is 0.224 e. The fourth-order valence-corrected chi connectivity index (χ4v) is 2.73. The third-order valence-corrected chi connectivity index (χ3v) is 3.50. The van der Waals surface area contributed by atoms with Crippen molar-refractivity contribution in [2.24, 2.45) is 0 Å². The van der Waals surface area contributed by atoms with Gasteiger partial charge in [0, 0.05) is 11.6 Å². The maximum atomic E-state index is 5.47. The normalized spacial score (nSPS) is 12.8. The van der Waals surface area contributed by atoms with E-state index in [1.807, 2.05) is 6.07 Å². The molecule has 1 aromatic carbocycles. The van der Waals surface area contributed by atoms with E-state index in [0.29, 0.717) is 0 Å². The number of aryl methyl sites for hydroxylation is 1. The highest BCUT2D eigenvalue weighted by atomic mass is 16.3. The van der Waals surface area contributed by atoms with Crippen molar-refractivity contribution in [1.29, 1.82) is 0 Å². The van der Waals surface area contributed by atoms with Gasteiger partial charge in [-0.15, -0.1) is 0 Å². The first-order valence-corrected chi connectivity index (χ1v) is 5.82. The number of fused-ring (bicyclic) bond motifs is 5. The Balaban J connectivity index is 2.13. The summed E-state index contributed by atoms with van der Waals surface area (Å²) < 4.78 is 7.76. The van der Waals surface area contributed by atoms with Gasteiger partial charge in [-0.2, -0.15) is 4.57 Å². The Hall–Kier alpha value is -2.09.